The standard InChI is InChI=1S/C22H19Cl4N5O2S/c1-3-8-31-20(12(2)27-21(33)15-6-4-13(23)9-17(15)26)29-30-22(31)34-11-19(32)28-18-10-14(24)5-7-16(18)25/h3-7,9-10,12H,1,8,11H2,2H3,(H,27,33)(H,28,32). The predicted octanol–water partition coefficient (Wildman–Crippen LogP) is 6.30. The third-order valence-corrected chi connectivity index (χ3v) is 6.58. The Kier molecular flexibility index (Phi) is 9.27. The number of amides is 2. The van der Waals surface area contributed by atoms with Crippen molar-refractivity contribution in [3.05, 3.63) is 80.5 Å². The number of rotatable bonds is 9. The molecule has 2 amide bonds. The van der Waals surface area contributed by atoms with Crippen molar-refractivity contribution in [1.82, 2.24) is 20.1 Å². The second-order valence-electron chi connectivity index (χ2n) is 7.02. The first-order chi connectivity index (χ1) is 16.2. The molecule has 0 fully saturated rings. The molecule has 1 atom stereocenters. The van der Waals surface area contributed by atoms with Crippen LogP contribution in [0.15, 0.2) is 54.2 Å². The molecule has 12 heteroatoms. The van der Waals surface area contributed by atoms with Gasteiger partial charge in [0.15, 0.2) is 11.0 Å². The number of carbonyl (C=O) groups is 2. The number of carbonyl (C=O) groups excluding carboxylic acids is 2. The van der Waals surface area contributed by atoms with Crippen LogP contribution in [0.3, 0.4) is 0 Å². The number of hydrogen-bond donors (Lipinski definition) is 2. The topological polar surface area (TPSA) is 88.9 Å². The summed E-state index contributed by atoms with van der Waals surface area (Å²) < 4.78 is 1.77. The minimum absolute atomic E-state index is 0.0548. The van der Waals surface area contributed by atoms with E-state index in [1.807, 2.05) is 0 Å². The fourth-order valence-corrected chi connectivity index (χ4v) is 4.54. The van der Waals surface area contributed by atoms with Crippen LogP contribution in [-0.2, 0) is 11.3 Å². The fourth-order valence-electron chi connectivity index (χ4n) is 2.95. The van der Waals surface area contributed by atoms with Crippen molar-refractivity contribution < 1.29 is 9.59 Å². The van der Waals surface area contributed by atoms with Gasteiger partial charge >= 0.3 is 0 Å². The van der Waals surface area contributed by atoms with Crippen LogP contribution in [0.4, 0.5) is 5.69 Å². The normalized spacial score (nSPS) is 11.7. The number of anilines is 1. The van der Waals surface area contributed by atoms with Crippen molar-refractivity contribution >= 4 is 75.7 Å². The molecule has 3 aromatic rings. The molecule has 0 aliphatic heterocycles. The molecule has 0 saturated heterocycles. The van der Waals surface area contributed by atoms with Crippen molar-refractivity contribution in [3.63, 3.8) is 0 Å². The van der Waals surface area contributed by atoms with E-state index in [1.165, 1.54) is 17.8 Å². The summed E-state index contributed by atoms with van der Waals surface area (Å²) in [6.45, 7) is 5.92. The van der Waals surface area contributed by atoms with Crippen LogP contribution in [0.5, 0.6) is 0 Å². The van der Waals surface area contributed by atoms with E-state index in [9.17, 15) is 9.59 Å². The molecule has 3 rings (SSSR count). The molecule has 178 valence electrons. The summed E-state index contributed by atoms with van der Waals surface area (Å²) in [7, 11) is 0. The van der Waals surface area contributed by atoms with Gasteiger partial charge in [0.05, 0.1) is 33.1 Å². The van der Waals surface area contributed by atoms with Crippen LogP contribution in [0, 0.1) is 0 Å². The second kappa shape index (κ2) is 12.0. The molecule has 0 aliphatic carbocycles. The van der Waals surface area contributed by atoms with E-state index >= 15 is 0 Å². The molecule has 7 nitrogen and oxygen atoms in total. The number of thioether (sulfide) groups is 1. The summed E-state index contributed by atoms with van der Waals surface area (Å²) in [5.74, 6) is -0.116. The van der Waals surface area contributed by atoms with Gasteiger partial charge in [-0.2, -0.15) is 0 Å². The van der Waals surface area contributed by atoms with Gasteiger partial charge in [-0.25, -0.2) is 0 Å². The quantitative estimate of drug-likeness (QED) is 0.237. The van der Waals surface area contributed by atoms with E-state index in [0.717, 1.165) is 0 Å². The highest BCUT2D eigenvalue weighted by atomic mass is 35.5. The lowest BCUT2D eigenvalue weighted by atomic mass is 10.2. The monoisotopic (exact) mass is 557 g/mol. The van der Waals surface area contributed by atoms with Gasteiger partial charge in [0.25, 0.3) is 5.91 Å². The van der Waals surface area contributed by atoms with Crippen molar-refractivity contribution in [1.29, 1.82) is 0 Å². The number of nitrogens with zero attached hydrogens (tertiary/aromatic N) is 3. The molecule has 2 N–H and O–H groups in total. The lowest BCUT2D eigenvalue weighted by Gasteiger charge is -2.16. The number of hydrogen-bond acceptors (Lipinski definition) is 5. The average molecular weight is 559 g/mol. The molecule has 0 saturated carbocycles. The summed E-state index contributed by atoms with van der Waals surface area (Å²) >= 11 is 25.3. The molecule has 34 heavy (non-hydrogen) atoms. The van der Waals surface area contributed by atoms with Crippen LogP contribution in [0.2, 0.25) is 20.1 Å². The summed E-state index contributed by atoms with van der Waals surface area (Å²) in [6, 6.07) is 8.94. The highest BCUT2D eigenvalue weighted by Gasteiger charge is 2.21. The van der Waals surface area contributed by atoms with Crippen LogP contribution >= 0.6 is 58.2 Å². The van der Waals surface area contributed by atoms with Crippen LogP contribution in [0.25, 0.3) is 0 Å². The lowest BCUT2D eigenvalue weighted by Crippen LogP contribution is -2.29. The maximum Gasteiger partial charge on any atom is 0.253 e. The predicted molar refractivity (Wildman–Crippen MR) is 138 cm³/mol. The zero-order chi connectivity index (χ0) is 24.8. The maximum absolute atomic E-state index is 12.7. The Hall–Kier alpha value is -2.23. The summed E-state index contributed by atoms with van der Waals surface area (Å²) in [6.07, 6.45) is 1.67. The molecule has 2 aromatic carbocycles. The first-order valence-electron chi connectivity index (χ1n) is 9.87. The molecule has 1 heterocycles. The van der Waals surface area contributed by atoms with E-state index < -0.39 is 6.04 Å². The summed E-state index contributed by atoms with van der Waals surface area (Å²) in [5.41, 5.74) is 0.712. The van der Waals surface area contributed by atoms with Crippen molar-refractivity contribution in [2.45, 2.75) is 24.7 Å². The number of halogens is 4. The van der Waals surface area contributed by atoms with Gasteiger partial charge in [-0.05, 0) is 43.3 Å². The zero-order valence-corrected chi connectivity index (χ0v) is 21.7. The Balaban J connectivity index is 1.69. The Bertz CT molecular complexity index is 1230. The average Bonchev–Trinajstić information content (AvgIpc) is 3.17. The van der Waals surface area contributed by atoms with Gasteiger partial charge < -0.3 is 15.2 Å². The Labute approximate surface area is 220 Å². The summed E-state index contributed by atoms with van der Waals surface area (Å²) in [5, 5.41) is 16.0. The van der Waals surface area contributed by atoms with Gasteiger partial charge in [-0.15, -0.1) is 16.8 Å². The molecule has 1 unspecified atom stereocenters. The molecule has 0 aliphatic rings. The zero-order valence-electron chi connectivity index (χ0n) is 17.8. The van der Waals surface area contributed by atoms with Crippen molar-refractivity contribution in [3.8, 4) is 0 Å². The van der Waals surface area contributed by atoms with Crippen LogP contribution in [0.1, 0.15) is 29.1 Å². The van der Waals surface area contributed by atoms with Gasteiger partial charge in [-0.1, -0.05) is 64.2 Å². The Morgan fingerprint density at radius 3 is 2.50 bits per heavy atom. The fraction of sp³-hybridized carbons (Fsp3) is 0.182. The first kappa shape index (κ1) is 26.4. The minimum atomic E-state index is -0.500. The Morgan fingerprint density at radius 2 is 1.79 bits per heavy atom. The Morgan fingerprint density at radius 1 is 1.09 bits per heavy atom. The van der Waals surface area contributed by atoms with Gasteiger partial charge in [0.1, 0.15) is 0 Å². The number of benzene rings is 2. The maximum atomic E-state index is 12.7. The SMILES string of the molecule is C=CCn1c(SCC(=O)Nc2cc(Cl)ccc2Cl)nnc1C(C)NC(=O)c1ccc(Cl)cc1Cl. The molecule has 0 bridgehead atoms. The van der Waals surface area contributed by atoms with Crippen LogP contribution in [-0.4, -0.2) is 32.3 Å². The minimum Gasteiger partial charge on any atom is -0.342 e. The summed E-state index contributed by atoms with van der Waals surface area (Å²) in [4.78, 5) is 25.1. The number of nitrogens with one attached hydrogen (secondary N) is 2. The highest BCUT2D eigenvalue weighted by molar-refractivity contribution is 7.99. The second-order valence-corrected chi connectivity index (χ2v) is 9.65. The highest BCUT2D eigenvalue weighted by Crippen LogP contribution is 2.27. The van der Waals surface area contributed by atoms with Gasteiger partial charge in [-0.3, -0.25) is 9.59 Å². The molecule has 0 radical (unpaired) electrons. The van der Waals surface area contributed by atoms with Gasteiger partial charge in [0.2, 0.25) is 5.91 Å². The van der Waals surface area contributed by atoms with E-state index in [2.05, 4.69) is 27.4 Å². The third-order valence-electron chi connectivity index (χ3n) is 4.50. The largest absolute Gasteiger partial charge is 0.342 e. The van der Waals surface area contributed by atoms with E-state index in [0.29, 0.717) is 43.8 Å². The van der Waals surface area contributed by atoms with E-state index in [1.54, 1.807) is 47.9 Å². The number of allylic oxidation sites excluding steroid dienone is 1. The number of aromatic nitrogens is 3. The smallest absolute Gasteiger partial charge is 0.253 e. The van der Waals surface area contributed by atoms with Crippen molar-refractivity contribution in [2.75, 3.05) is 11.1 Å². The molecular weight excluding hydrogens is 540 g/mol. The molecular formula is C22H19Cl4N5O2S. The van der Waals surface area contributed by atoms with Gasteiger partial charge in [0, 0.05) is 16.6 Å². The van der Waals surface area contributed by atoms with E-state index in [4.69, 9.17) is 46.4 Å². The lowest BCUT2D eigenvalue weighted by molar-refractivity contribution is -0.113. The first-order valence-corrected chi connectivity index (χ1v) is 12.4. The van der Waals surface area contributed by atoms with Crippen LogP contribution < -0.4 is 10.6 Å². The third kappa shape index (κ3) is 6.67. The molecule has 1 aromatic heterocycles. The van der Waals surface area contributed by atoms with Crippen molar-refractivity contribution in [2.24, 2.45) is 0 Å². The van der Waals surface area contributed by atoms with E-state index in [-0.39, 0.29) is 22.6 Å². The molecule has 0 spiro atoms.